The minimum atomic E-state index is 0. The van der Waals surface area contributed by atoms with Gasteiger partial charge in [0.15, 0.2) is 0 Å². The van der Waals surface area contributed by atoms with Crippen LogP contribution in [0.15, 0.2) is 42.5 Å². The average molecular weight is 315 g/mol. The molecule has 116 valence electrons. The van der Waals surface area contributed by atoms with Crippen LogP contribution in [0.4, 0.5) is 5.69 Å². The molecule has 2 aromatic carbocycles. The molecule has 0 spiro atoms. The maximum Gasteiger partial charge on any atom is 0.0419 e. The Bertz CT molecular complexity index is 654. The van der Waals surface area contributed by atoms with E-state index in [9.17, 15) is 0 Å². The highest BCUT2D eigenvalue weighted by atomic mass is 35.5. The second-order valence-electron chi connectivity index (χ2n) is 6.15. The maximum atomic E-state index is 3.78. The standard InChI is InChI=1S/C19H22N2.ClH/c1-2-9-17-14(5-1)6-4-10-18(17)21-13-16-8-3-7-15-11-12-20-19(15)16;/h1-3,5,7-9,18,20-21H,4,6,10-13H2;1H. The molecular formula is C19H23ClN2. The van der Waals surface area contributed by atoms with Crippen molar-refractivity contribution in [1.82, 2.24) is 5.32 Å². The molecule has 22 heavy (non-hydrogen) atoms. The molecule has 3 heteroatoms. The monoisotopic (exact) mass is 314 g/mol. The Balaban J connectivity index is 0.00000144. The number of hydrogen-bond donors (Lipinski definition) is 2. The first-order valence-electron chi connectivity index (χ1n) is 8.07. The average Bonchev–Trinajstić information content (AvgIpc) is 3.02. The van der Waals surface area contributed by atoms with Crippen molar-refractivity contribution >= 4 is 18.1 Å². The fourth-order valence-corrected chi connectivity index (χ4v) is 3.76. The van der Waals surface area contributed by atoms with Gasteiger partial charge in [-0.05, 0) is 47.9 Å². The molecule has 0 saturated heterocycles. The Morgan fingerprint density at radius 2 is 1.86 bits per heavy atom. The second kappa shape index (κ2) is 6.72. The van der Waals surface area contributed by atoms with Crippen LogP contribution in [0.3, 0.4) is 0 Å². The van der Waals surface area contributed by atoms with Gasteiger partial charge in [0.25, 0.3) is 0 Å². The van der Waals surface area contributed by atoms with Gasteiger partial charge in [0.05, 0.1) is 0 Å². The van der Waals surface area contributed by atoms with E-state index in [-0.39, 0.29) is 12.4 Å². The molecule has 2 aromatic rings. The number of anilines is 1. The lowest BCUT2D eigenvalue weighted by molar-refractivity contribution is 0.459. The number of aryl methyl sites for hydroxylation is 1. The van der Waals surface area contributed by atoms with Crippen molar-refractivity contribution in [2.75, 3.05) is 11.9 Å². The Morgan fingerprint density at radius 1 is 1.00 bits per heavy atom. The molecule has 1 atom stereocenters. The molecule has 1 aliphatic heterocycles. The molecule has 0 bridgehead atoms. The maximum absolute atomic E-state index is 3.78. The van der Waals surface area contributed by atoms with Crippen molar-refractivity contribution in [3.63, 3.8) is 0 Å². The van der Waals surface area contributed by atoms with E-state index in [1.54, 1.807) is 0 Å². The third kappa shape index (κ3) is 2.86. The first-order valence-corrected chi connectivity index (χ1v) is 8.07. The molecule has 4 rings (SSSR count). The molecule has 2 aliphatic rings. The summed E-state index contributed by atoms with van der Waals surface area (Å²) in [5, 5.41) is 7.32. The van der Waals surface area contributed by atoms with E-state index in [1.165, 1.54) is 47.2 Å². The highest BCUT2D eigenvalue weighted by Gasteiger charge is 2.20. The van der Waals surface area contributed by atoms with Crippen LogP contribution in [-0.2, 0) is 19.4 Å². The number of rotatable bonds is 3. The molecule has 1 unspecified atom stereocenters. The number of nitrogens with one attached hydrogen (secondary N) is 2. The molecule has 2 N–H and O–H groups in total. The van der Waals surface area contributed by atoms with Crippen molar-refractivity contribution < 1.29 is 0 Å². The minimum absolute atomic E-state index is 0. The molecular weight excluding hydrogens is 292 g/mol. The zero-order valence-corrected chi connectivity index (χ0v) is 13.6. The molecule has 0 amide bonds. The van der Waals surface area contributed by atoms with Gasteiger partial charge in [-0.1, -0.05) is 42.5 Å². The number of halogens is 1. The Labute approximate surface area is 138 Å². The van der Waals surface area contributed by atoms with Crippen LogP contribution in [0.25, 0.3) is 0 Å². The van der Waals surface area contributed by atoms with Crippen molar-refractivity contribution in [3.05, 3.63) is 64.7 Å². The summed E-state index contributed by atoms with van der Waals surface area (Å²) in [5.41, 5.74) is 7.28. The quantitative estimate of drug-likeness (QED) is 0.885. The van der Waals surface area contributed by atoms with Crippen LogP contribution in [0.1, 0.15) is 41.1 Å². The smallest absolute Gasteiger partial charge is 0.0419 e. The van der Waals surface area contributed by atoms with Gasteiger partial charge in [0, 0.05) is 24.8 Å². The molecule has 1 heterocycles. The van der Waals surface area contributed by atoms with E-state index in [0.29, 0.717) is 6.04 Å². The fourth-order valence-electron chi connectivity index (χ4n) is 3.76. The predicted molar refractivity (Wildman–Crippen MR) is 94.8 cm³/mol. The van der Waals surface area contributed by atoms with Gasteiger partial charge in [-0.15, -0.1) is 12.4 Å². The Morgan fingerprint density at radius 3 is 2.82 bits per heavy atom. The third-order valence-corrected chi connectivity index (χ3v) is 4.84. The van der Waals surface area contributed by atoms with Crippen molar-refractivity contribution in [3.8, 4) is 0 Å². The lowest BCUT2D eigenvalue weighted by Gasteiger charge is -2.27. The van der Waals surface area contributed by atoms with E-state index >= 15 is 0 Å². The summed E-state index contributed by atoms with van der Waals surface area (Å²) in [6.07, 6.45) is 4.94. The molecule has 1 aliphatic carbocycles. The molecule has 2 nitrogen and oxygen atoms in total. The van der Waals surface area contributed by atoms with Crippen LogP contribution in [0, 0.1) is 0 Å². The van der Waals surface area contributed by atoms with Gasteiger partial charge >= 0.3 is 0 Å². The van der Waals surface area contributed by atoms with E-state index in [4.69, 9.17) is 0 Å². The van der Waals surface area contributed by atoms with Gasteiger partial charge in [-0.25, -0.2) is 0 Å². The van der Waals surface area contributed by atoms with E-state index in [2.05, 4.69) is 53.1 Å². The number of fused-ring (bicyclic) bond motifs is 2. The van der Waals surface area contributed by atoms with Crippen LogP contribution < -0.4 is 10.6 Å². The normalized spacial score (nSPS) is 18.8. The fraction of sp³-hybridized carbons (Fsp3) is 0.368. The van der Waals surface area contributed by atoms with Crippen molar-refractivity contribution in [1.29, 1.82) is 0 Å². The van der Waals surface area contributed by atoms with Crippen LogP contribution in [-0.4, -0.2) is 6.54 Å². The summed E-state index contributed by atoms with van der Waals surface area (Å²) >= 11 is 0. The van der Waals surface area contributed by atoms with Crippen LogP contribution >= 0.6 is 12.4 Å². The Kier molecular flexibility index (Phi) is 4.70. The summed E-state index contributed by atoms with van der Waals surface area (Å²) in [4.78, 5) is 0. The van der Waals surface area contributed by atoms with Crippen molar-refractivity contribution in [2.45, 2.75) is 38.3 Å². The van der Waals surface area contributed by atoms with Crippen molar-refractivity contribution in [2.24, 2.45) is 0 Å². The largest absolute Gasteiger partial charge is 0.384 e. The lowest BCUT2D eigenvalue weighted by atomic mass is 9.87. The van der Waals surface area contributed by atoms with Gasteiger partial charge in [-0.2, -0.15) is 0 Å². The highest BCUT2D eigenvalue weighted by Crippen LogP contribution is 2.31. The first-order chi connectivity index (χ1) is 10.4. The van der Waals surface area contributed by atoms with E-state index < -0.39 is 0 Å². The van der Waals surface area contributed by atoms with Gasteiger partial charge in [-0.3, -0.25) is 0 Å². The third-order valence-electron chi connectivity index (χ3n) is 4.84. The minimum Gasteiger partial charge on any atom is -0.384 e. The number of benzene rings is 2. The molecule has 0 aromatic heterocycles. The van der Waals surface area contributed by atoms with Gasteiger partial charge in [0.1, 0.15) is 0 Å². The summed E-state index contributed by atoms with van der Waals surface area (Å²) < 4.78 is 0. The lowest BCUT2D eigenvalue weighted by Crippen LogP contribution is -2.25. The molecule has 0 saturated carbocycles. The zero-order chi connectivity index (χ0) is 14.1. The van der Waals surface area contributed by atoms with Gasteiger partial charge < -0.3 is 10.6 Å². The molecule has 0 radical (unpaired) electrons. The Hall–Kier alpha value is -1.51. The van der Waals surface area contributed by atoms with Crippen LogP contribution in [0.2, 0.25) is 0 Å². The van der Waals surface area contributed by atoms with Gasteiger partial charge in [0.2, 0.25) is 0 Å². The SMILES string of the molecule is Cl.c1ccc2c(c1)CCCC2NCc1cccc2c1NCC2. The predicted octanol–water partition coefficient (Wildman–Crippen LogP) is 4.24. The highest BCUT2D eigenvalue weighted by molar-refractivity contribution is 5.85. The van der Waals surface area contributed by atoms with E-state index in [0.717, 1.165) is 19.5 Å². The summed E-state index contributed by atoms with van der Waals surface area (Å²) in [5.74, 6) is 0. The zero-order valence-electron chi connectivity index (χ0n) is 12.8. The summed E-state index contributed by atoms with van der Waals surface area (Å²) in [7, 11) is 0. The van der Waals surface area contributed by atoms with E-state index in [1.807, 2.05) is 0 Å². The first kappa shape index (κ1) is 15.4. The topological polar surface area (TPSA) is 24.1 Å². The second-order valence-corrected chi connectivity index (χ2v) is 6.15. The summed E-state index contributed by atoms with van der Waals surface area (Å²) in [6, 6.07) is 16.1. The number of para-hydroxylation sites is 1. The number of hydrogen-bond acceptors (Lipinski definition) is 2. The molecule has 0 fully saturated rings. The summed E-state index contributed by atoms with van der Waals surface area (Å²) in [6.45, 7) is 2.04. The van der Waals surface area contributed by atoms with Crippen LogP contribution in [0.5, 0.6) is 0 Å².